The zero-order valence-corrected chi connectivity index (χ0v) is 9.85. The van der Waals surface area contributed by atoms with Gasteiger partial charge < -0.3 is 15.7 Å². The summed E-state index contributed by atoms with van der Waals surface area (Å²) in [6, 6.07) is -0.628. The Labute approximate surface area is 95.6 Å². The van der Waals surface area contributed by atoms with Crippen LogP contribution in [0.4, 0.5) is 0 Å². The number of nitrogens with zero attached hydrogens (tertiary/aromatic N) is 1. The number of amides is 1. The van der Waals surface area contributed by atoms with Gasteiger partial charge in [0, 0.05) is 19.0 Å². The van der Waals surface area contributed by atoms with E-state index >= 15 is 0 Å². The molecule has 1 aliphatic rings. The van der Waals surface area contributed by atoms with Gasteiger partial charge in [0.15, 0.2) is 0 Å². The van der Waals surface area contributed by atoms with Crippen molar-refractivity contribution in [3.8, 4) is 0 Å². The summed E-state index contributed by atoms with van der Waals surface area (Å²) in [5.41, 5.74) is 5.74. The Hall–Kier alpha value is -1.10. The highest BCUT2D eigenvalue weighted by atomic mass is 16.4. The maximum Gasteiger partial charge on any atom is 0.326 e. The summed E-state index contributed by atoms with van der Waals surface area (Å²) < 4.78 is 0. The highest BCUT2D eigenvalue weighted by molar-refractivity contribution is 5.85. The molecule has 1 aliphatic carbocycles. The number of hydrogen-bond acceptors (Lipinski definition) is 3. The summed E-state index contributed by atoms with van der Waals surface area (Å²) in [5, 5.41) is 8.97. The normalized spacial score (nSPS) is 26.4. The van der Waals surface area contributed by atoms with Gasteiger partial charge in [0.05, 0.1) is 0 Å². The van der Waals surface area contributed by atoms with Crippen molar-refractivity contribution in [3.05, 3.63) is 0 Å². The fraction of sp³-hybridized carbons (Fsp3) is 0.818. The first-order valence-corrected chi connectivity index (χ1v) is 5.72. The van der Waals surface area contributed by atoms with Gasteiger partial charge in [-0.2, -0.15) is 0 Å². The Morgan fingerprint density at radius 1 is 1.50 bits per heavy atom. The molecule has 16 heavy (non-hydrogen) atoms. The Kier molecular flexibility index (Phi) is 4.29. The minimum absolute atomic E-state index is 0.0813. The van der Waals surface area contributed by atoms with Gasteiger partial charge in [-0.25, -0.2) is 4.79 Å². The zero-order chi connectivity index (χ0) is 12.3. The summed E-state index contributed by atoms with van der Waals surface area (Å²) in [4.78, 5) is 24.3. The van der Waals surface area contributed by atoms with Crippen LogP contribution in [0, 0.1) is 5.92 Å². The molecular formula is C11H20N2O3. The second-order valence-electron chi connectivity index (χ2n) is 4.48. The lowest BCUT2D eigenvalue weighted by Crippen LogP contribution is -2.44. The molecule has 0 aromatic heterocycles. The second kappa shape index (κ2) is 5.30. The van der Waals surface area contributed by atoms with Crippen LogP contribution in [0.2, 0.25) is 0 Å². The molecule has 0 aromatic carbocycles. The molecule has 0 spiro atoms. The van der Waals surface area contributed by atoms with E-state index in [-0.39, 0.29) is 17.9 Å². The largest absolute Gasteiger partial charge is 0.480 e. The lowest BCUT2D eigenvalue weighted by atomic mass is 10.0. The first kappa shape index (κ1) is 13.0. The van der Waals surface area contributed by atoms with Gasteiger partial charge in [0.2, 0.25) is 5.91 Å². The number of carbonyl (C=O) groups is 2. The number of nitrogens with two attached hydrogens (primary N) is 1. The van der Waals surface area contributed by atoms with Crippen LogP contribution in [0.25, 0.3) is 0 Å². The number of likely N-dealkylation sites (N-methyl/N-ethyl adjacent to an activating group) is 1. The van der Waals surface area contributed by atoms with E-state index in [2.05, 4.69) is 0 Å². The van der Waals surface area contributed by atoms with E-state index in [1.807, 2.05) is 0 Å². The van der Waals surface area contributed by atoms with Crippen LogP contribution in [0.5, 0.6) is 0 Å². The molecule has 1 rings (SSSR count). The molecule has 0 saturated heterocycles. The van der Waals surface area contributed by atoms with Gasteiger partial charge in [-0.05, 0) is 25.7 Å². The van der Waals surface area contributed by atoms with E-state index in [0.717, 1.165) is 12.8 Å². The predicted octanol–water partition coefficient (Wildman–Crippen LogP) is 0.435. The minimum Gasteiger partial charge on any atom is -0.480 e. The third-order valence-electron chi connectivity index (χ3n) is 3.31. The zero-order valence-electron chi connectivity index (χ0n) is 9.85. The van der Waals surface area contributed by atoms with Crippen molar-refractivity contribution < 1.29 is 14.7 Å². The quantitative estimate of drug-likeness (QED) is 0.731. The molecule has 1 saturated carbocycles. The first-order valence-electron chi connectivity index (χ1n) is 5.72. The van der Waals surface area contributed by atoms with Crippen LogP contribution in [0.1, 0.15) is 32.6 Å². The molecule has 0 radical (unpaired) electrons. The van der Waals surface area contributed by atoms with Gasteiger partial charge in [-0.15, -0.1) is 0 Å². The average Bonchev–Trinajstić information content (AvgIpc) is 2.64. The Balaban J connectivity index is 2.62. The van der Waals surface area contributed by atoms with Crippen molar-refractivity contribution in [2.45, 2.75) is 44.7 Å². The van der Waals surface area contributed by atoms with Crippen LogP contribution in [0.3, 0.4) is 0 Å². The topological polar surface area (TPSA) is 83.6 Å². The molecule has 1 amide bonds. The molecule has 0 heterocycles. The molecule has 3 N–H and O–H groups in total. The molecule has 1 fully saturated rings. The molecule has 0 aliphatic heterocycles. The average molecular weight is 228 g/mol. The minimum atomic E-state index is -0.944. The SMILES string of the molecule is CCC(C(=O)O)N(C)C(=O)C1CCC(N)C1. The fourth-order valence-corrected chi connectivity index (χ4v) is 2.30. The number of hydrogen-bond donors (Lipinski definition) is 2. The maximum atomic E-state index is 12.0. The number of aliphatic carboxylic acids is 1. The maximum absolute atomic E-state index is 12.0. The van der Waals surface area contributed by atoms with Gasteiger partial charge in [-0.3, -0.25) is 4.79 Å². The van der Waals surface area contributed by atoms with Crippen molar-refractivity contribution >= 4 is 11.9 Å². The van der Waals surface area contributed by atoms with Crippen LogP contribution in [-0.4, -0.2) is 41.0 Å². The van der Waals surface area contributed by atoms with Gasteiger partial charge >= 0.3 is 5.97 Å². The molecule has 3 atom stereocenters. The standard InChI is InChI=1S/C11H20N2O3/c1-3-9(11(15)16)13(2)10(14)7-4-5-8(12)6-7/h7-9H,3-6,12H2,1-2H3,(H,15,16). The van der Waals surface area contributed by atoms with Crippen LogP contribution in [0.15, 0.2) is 0 Å². The fourth-order valence-electron chi connectivity index (χ4n) is 2.30. The molecule has 92 valence electrons. The summed E-state index contributed by atoms with van der Waals surface area (Å²) in [5.74, 6) is -1.11. The Bertz CT molecular complexity index is 280. The van der Waals surface area contributed by atoms with Gasteiger partial charge in [0.1, 0.15) is 6.04 Å². The lowest BCUT2D eigenvalue weighted by molar-refractivity contribution is -0.150. The highest BCUT2D eigenvalue weighted by Gasteiger charge is 2.33. The van der Waals surface area contributed by atoms with Crippen molar-refractivity contribution in [2.75, 3.05) is 7.05 Å². The summed E-state index contributed by atoms with van der Waals surface area (Å²) in [6.07, 6.45) is 2.74. The number of rotatable bonds is 4. The van der Waals surface area contributed by atoms with E-state index in [4.69, 9.17) is 10.8 Å². The highest BCUT2D eigenvalue weighted by Crippen LogP contribution is 2.26. The molecule has 3 unspecified atom stereocenters. The number of carbonyl (C=O) groups excluding carboxylic acids is 1. The summed E-state index contributed by atoms with van der Waals surface area (Å²) in [6.45, 7) is 1.77. The summed E-state index contributed by atoms with van der Waals surface area (Å²) in [7, 11) is 1.56. The van der Waals surface area contributed by atoms with E-state index in [1.165, 1.54) is 4.90 Å². The van der Waals surface area contributed by atoms with E-state index in [0.29, 0.717) is 12.8 Å². The summed E-state index contributed by atoms with van der Waals surface area (Å²) >= 11 is 0. The molecule has 0 bridgehead atoms. The van der Waals surface area contributed by atoms with Gasteiger partial charge in [0.25, 0.3) is 0 Å². The Morgan fingerprint density at radius 3 is 2.50 bits per heavy atom. The molecule has 5 nitrogen and oxygen atoms in total. The van der Waals surface area contributed by atoms with E-state index < -0.39 is 12.0 Å². The monoisotopic (exact) mass is 228 g/mol. The molecule has 5 heteroatoms. The van der Waals surface area contributed by atoms with Crippen molar-refractivity contribution in [2.24, 2.45) is 11.7 Å². The van der Waals surface area contributed by atoms with Gasteiger partial charge in [-0.1, -0.05) is 6.92 Å². The first-order chi connectivity index (χ1) is 7.47. The van der Waals surface area contributed by atoms with Crippen LogP contribution in [-0.2, 0) is 9.59 Å². The van der Waals surface area contributed by atoms with Crippen LogP contribution >= 0.6 is 0 Å². The third kappa shape index (κ3) is 2.72. The van der Waals surface area contributed by atoms with Crippen molar-refractivity contribution in [1.29, 1.82) is 0 Å². The lowest BCUT2D eigenvalue weighted by Gasteiger charge is -2.26. The Morgan fingerprint density at radius 2 is 2.12 bits per heavy atom. The second-order valence-corrected chi connectivity index (χ2v) is 4.48. The number of carboxylic acids is 1. The predicted molar refractivity (Wildman–Crippen MR) is 59.8 cm³/mol. The molecular weight excluding hydrogens is 208 g/mol. The van der Waals surface area contributed by atoms with Crippen LogP contribution < -0.4 is 5.73 Å². The van der Waals surface area contributed by atoms with E-state index in [1.54, 1.807) is 14.0 Å². The third-order valence-corrected chi connectivity index (χ3v) is 3.31. The molecule has 0 aromatic rings. The smallest absolute Gasteiger partial charge is 0.326 e. The number of carboxylic acid groups (broad SMARTS) is 1. The van der Waals surface area contributed by atoms with E-state index in [9.17, 15) is 9.59 Å². The van der Waals surface area contributed by atoms with Crippen molar-refractivity contribution in [3.63, 3.8) is 0 Å². The van der Waals surface area contributed by atoms with Crippen molar-refractivity contribution in [1.82, 2.24) is 4.90 Å².